The lowest BCUT2D eigenvalue weighted by Crippen LogP contribution is -2.09. The van der Waals surface area contributed by atoms with Crippen molar-refractivity contribution in [2.45, 2.75) is 19.4 Å². The Balaban J connectivity index is 2.23. The van der Waals surface area contributed by atoms with E-state index in [1.807, 2.05) is 12.1 Å². The molecule has 0 saturated heterocycles. The van der Waals surface area contributed by atoms with Crippen molar-refractivity contribution in [3.8, 4) is 0 Å². The van der Waals surface area contributed by atoms with Crippen molar-refractivity contribution in [2.75, 3.05) is 0 Å². The molecule has 0 aliphatic heterocycles. The van der Waals surface area contributed by atoms with Crippen LogP contribution in [0.25, 0.3) is 0 Å². The van der Waals surface area contributed by atoms with Crippen LogP contribution >= 0.6 is 22.9 Å². The molecule has 0 aliphatic carbocycles. The van der Waals surface area contributed by atoms with Crippen molar-refractivity contribution in [3.63, 3.8) is 0 Å². The number of halogens is 1. The molecule has 0 fully saturated rings. The molecule has 2 rings (SSSR count). The Labute approximate surface area is 105 Å². The zero-order valence-corrected chi connectivity index (χ0v) is 10.7. The van der Waals surface area contributed by atoms with Gasteiger partial charge >= 0.3 is 0 Å². The molecule has 84 valence electrons. The fraction of sp³-hybridized carbons (Fsp3) is 0.231. The van der Waals surface area contributed by atoms with Crippen LogP contribution in [0.3, 0.4) is 0 Å². The molecular formula is C13H14ClNS. The molecule has 0 radical (unpaired) electrons. The molecule has 3 heteroatoms. The summed E-state index contributed by atoms with van der Waals surface area (Å²) in [6.45, 7) is 2.15. The Hall–Kier alpha value is -0.830. The highest BCUT2D eigenvalue weighted by molar-refractivity contribution is 7.16. The van der Waals surface area contributed by atoms with Crippen LogP contribution in [0.4, 0.5) is 0 Å². The van der Waals surface area contributed by atoms with Crippen LogP contribution in [0.5, 0.6) is 0 Å². The van der Waals surface area contributed by atoms with Crippen LogP contribution in [-0.4, -0.2) is 0 Å². The minimum Gasteiger partial charge on any atom is -0.320 e. The van der Waals surface area contributed by atoms with Gasteiger partial charge in [0.05, 0.1) is 10.4 Å². The number of thiophene rings is 1. The van der Waals surface area contributed by atoms with Gasteiger partial charge in [-0.3, -0.25) is 0 Å². The van der Waals surface area contributed by atoms with Crippen molar-refractivity contribution in [1.29, 1.82) is 0 Å². The summed E-state index contributed by atoms with van der Waals surface area (Å²) in [5.74, 6) is 0. The Morgan fingerprint density at radius 1 is 1.19 bits per heavy atom. The first kappa shape index (κ1) is 11.6. The molecular weight excluding hydrogens is 238 g/mol. The molecule has 0 bridgehead atoms. The number of benzene rings is 1. The fourth-order valence-corrected chi connectivity index (χ4v) is 2.71. The molecule has 2 N–H and O–H groups in total. The Bertz CT molecular complexity index is 461. The monoisotopic (exact) mass is 251 g/mol. The van der Waals surface area contributed by atoms with Crippen molar-refractivity contribution in [1.82, 2.24) is 0 Å². The summed E-state index contributed by atoms with van der Waals surface area (Å²) >= 11 is 7.44. The lowest BCUT2D eigenvalue weighted by molar-refractivity contribution is 0.891. The molecule has 0 saturated carbocycles. The largest absolute Gasteiger partial charge is 0.320 e. The summed E-state index contributed by atoms with van der Waals surface area (Å²) in [6, 6.07) is 12.3. The summed E-state index contributed by atoms with van der Waals surface area (Å²) in [6.07, 6.45) is 1.06. The molecule has 0 amide bonds. The zero-order chi connectivity index (χ0) is 11.5. The number of rotatable bonds is 3. The van der Waals surface area contributed by atoms with Crippen LogP contribution in [0.1, 0.15) is 29.0 Å². The van der Waals surface area contributed by atoms with Gasteiger partial charge in [-0.15, -0.1) is 11.3 Å². The highest BCUT2D eigenvalue weighted by atomic mass is 35.5. The summed E-state index contributed by atoms with van der Waals surface area (Å²) in [5, 5.41) is 0. The van der Waals surface area contributed by atoms with E-state index in [0.717, 1.165) is 21.2 Å². The van der Waals surface area contributed by atoms with E-state index in [4.69, 9.17) is 17.3 Å². The maximum Gasteiger partial charge on any atom is 0.0931 e. The third-order valence-corrected chi connectivity index (χ3v) is 3.96. The molecule has 0 spiro atoms. The van der Waals surface area contributed by atoms with E-state index in [2.05, 4.69) is 31.2 Å². The van der Waals surface area contributed by atoms with Gasteiger partial charge in [0.1, 0.15) is 0 Å². The van der Waals surface area contributed by atoms with E-state index in [1.165, 1.54) is 5.56 Å². The topological polar surface area (TPSA) is 26.0 Å². The van der Waals surface area contributed by atoms with E-state index in [1.54, 1.807) is 11.3 Å². The van der Waals surface area contributed by atoms with Gasteiger partial charge in [0.25, 0.3) is 0 Å². The molecule has 1 nitrogen and oxygen atoms in total. The SMILES string of the molecule is CCc1ccc(C(N)c2ccc(Cl)s2)cc1. The van der Waals surface area contributed by atoms with Crippen LogP contribution in [-0.2, 0) is 6.42 Å². The maximum atomic E-state index is 6.17. The Morgan fingerprint density at radius 2 is 1.88 bits per heavy atom. The lowest BCUT2D eigenvalue weighted by atomic mass is 10.0. The quantitative estimate of drug-likeness (QED) is 0.876. The van der Waals surface area contributed by atoms with Gasteiger partial charge in [0.15, 0.2) is 0 Å². The van der Waals surface area contributed by atoms with Crippen molar-refractivity contribution < 1.29 is 0 Å². The predicted octanol–water partition coefficient (Wildman–Crippen LogP) is 4.01. The van der Waals surface area contributed by atoms with E-state index >= 15 is 0 Å². The number of hydrogen-bond acceptors (Lipinski definition) is 2. The lowest BCUT2D eigenvalue weighted by Gasteiger charge is -2.10. The number of hydrogen-bond donors (Lipinski definition) is 1. The molecule has 1 aromatic carbocycles. The normalized spacial score (nSPS) is 12.7. The average molecular weight is 252 g/mol. The zero-order valence-electron chi connectivity index (χ0n) is 9.11. The minimum atomic E-state index is -0.0663. The summed E-state index contributed by atoms with van der Waals surface area (Å²) in [5.41, 5.74) is 8.64. The molecule has 1 heterocycles. The molecule has 2 aromatic rings. The second-order valence-corrected chi connectivity index (χ2v) is 5.46. The molecule has 1 unspecified atom stereocenters. The van der Waals surface area contributed by atoms with Gasteiger partial charge in [-0.25, -0.2) is 0 Å². The molecule has 0 aliphatic rings. The third-order valence-electron chi connectivity index (χ3n) is 2.65. The second kappa shape index (κ2) is 5.00. The van der Waals surface area contributed by atoms with E-state index in [0.29, 0.717) is 0 Å². The van der Waals surface area contributed by atoms with Crippen molar-refractivity contribution in [3.05, 3.63) is 56.7 Å². The first-order valence-corrected chi connectivity index (χ1v) is 6.50. The van der Waals surface area contributed by atoms with Gasteiger partial charge in [-0.2, -0.15) is 0 Å². The molecule has 16 heavy (non-hydrogen) atoms. The third kappa shape index (κ3) is 2.46. The van der Waals surface area contributed by atoms with Gasteiger partial charge in [-0.1, -0.05) is 42.8 Å². The maximum absolute atomic E-state index is 6.17. The van der Waals surface area contributed by atoms with Gasteiger partial charge in [0, 0.05) is 4.88 Å². The van der Waals surface area contributed by atoms with Crippen LogP contribution in [0.2, 0.25) is 4.34 Å². The van der Waals surface area contributed by atoms with Gasteiger partial charge in [-0.05, 0) is 29.7 Å². The van der Waals surface area contributed by atoms with E-state index in [9.17, 15) is 0 Å². The van der Waals surface area contributed by atoms with E-state index < -0.39 is 0 Å². The highest BCUT2D eigenvalue weighted by Crippen LogP contribution is 2.29. The van der Waals surface area contributed by atoms with Crippen molar-refractivity contribution in [2.24, 2.45) is 5.73 Å². The average Bonchev–Trinajstić information content (AvgIpc) is 2.75. The first-order chi connectivity index (χ1) is 7.70. The molecule has 1 aromatic heterocycles. The summed E-state index contributed by atoms with van der Waals surface area (Å²) in [4.78, 5) is 1.11. The van der Waals surface area contributed by atoms with Crippen LogP contribution in [0.15, 0.2) is 36.4 Å². The number of aryl methyl sites for hydroxylation is 1. The molecule has 1 atom stereocenters. The standard InChI is InChI=1S/C13H14ClNS/c1-2-9-3-5-10(6-4-9)13(15)11-7-8-12(14)16-11/h3-8,13H,2,15H2,1H3. The van der Waals surface area contributed by atoms with Gasteiger partial charge < -0.3 is 5.73 Å². The van der Waals surface area contributed by atoms with E-state index in [-0.39, 0.29) is 6.04 Å². The minimum absolute atomic E-state index is 0.0663. The van der Waals surface area contributed by atoms with Crippen LogP contribution < -0.4 is 5.73 Å². The summed E-state index contributed by atoms with van der Waals surface area (Å²) < 4.78 is 0.788. The second-order valence-electron chi connectivity index (χ2n) is 3.71. The Morgan fingerprint density at radius 3 is 2.38 bits per heavy atom. The van der Waals surface area contributed by atoms with Crippen LogP contribution in [0, 0.1) is 0 Å². The highest BCUT2D eigenvalue weighted by Gasteiger charge is 2.10. The van der Waals surface area contributed by atoms with Gasteiger partial charge in [0.2, 0.25) is 0 Å². The van der Waals surface area contributed by atoms with Crippen molar-refractivity contribution >= 4 is 22.9 Å². The predicted molar refractivity (Wildman–Crippen MR) is 71.2 cm³/mol. The fourth-order valence-electron chi connectivity index (χ4n) is 1.62. The first-order valence-electron chi connectivity index (χ1n) is 5.30. The smallest absolute Gasteiger partial charge is 0.0931 e. The Kier molecular flexibility index (Phi) is 3.64. The summed E-state index contributed by atoms with van der Waals surface area (Å²) in [7, 11) is 0. The number of nitrogens with two attached hydrogens (primary N) is 1.